The molecule has 1 aromatic carbocycles. The molecule has 0 saturated heterocycles. The van der Waals surface area contributed by atoms with E-state index in [4.69, 9.17) is 0 Å². The SMILES string of the molecule is CSc1c(I)ccc2sc(C=O)cc12. The molecule has 2 rings (SSSR count). The summed E-state index contributed by atoms with van der Waals surface area (Å²) in [5, 5.41) is 1.21. The van der Waals surface area contributed by atoms with Gasteiger partial charge in [0, 0.05) is 18.6 Å². The van der Waals surface area contributed by atoms with Crippen molar-refractivity contribution in [3.8, 4) is 0 Å². The molecule has 72 valence electrons. The molecule has 0 saturated carbocycles. The lowest BCUT2D eigenvalue weighted by molar-refractivity contribution is 0.112. The first-order valence-electron chi connectivity index (χ1n) is 3.97. The molecule has 0 aliphatic heterocycles. The maximum Gasteiger partial charge on any atom is 0.160 e. The molecule has 0 radical (unpaired) electrons. The number of carbonyl (C=O) groups is 1. The number of carbonyl (C=O) groups excluding carboxylic acids is 1. The second kappa shape index (κ2) is 4.20. The number of benzene rings is 1. The standard InChI is InChI=1S/C10H7IOS2/c1-13-10-7-4-6(5-12)14-9(7)3-2-8(10)11/h2-5H,1H3. The molecule has 0 aliphatic rings. The van der Waals surface area contributed by atoms with E-state index < -0.39 is 0 Å². The molecule has 0 atom stereocenters. The molecule has 1 nitrogen and oxygen atoms in total. The van der Waals surface area contributed by atoms with E-state index in [9.17, 15) is 4.79 Å². The minimum absolute atomic E-state index is 0.803. The van der Waals surface area contributed by atoms with Crippen LogP contribution in [0.2, 0.25) is 0 Å². The van der Waals surface area contributed by atoms with Crippen molar-refractivity contribution in [1.29, 1.82) is 0 Å². The summed E-state index contributed by atoms with van der Waals surface area (Å²) in [5.41, 5.74) is 0. The maximum absolute atomic E-state index is 10.7. The lowest BCUT2D eigenvalue weighted by atomic mass is 10.2. The number of thiophene rings is 1. The second-order valence-corrected chi connectivity index (χ2v) is 5.85. The van der Waals surface area contributed by atoms with Gasteiger partial charge in [0.2, 0.25) is 0 Å². The Bertz CT molecular complexity index is 490. The number of rotatable bonds is 2. The van der Waals surface area contributed by atoms with E-state index >= 15 is 0 Å². The van der Waals surface area contributed by atoms with Gasteiger partial charge in [0.05, 0.1) is 4.88 Å². The number of halogens is 1. The molecule has 0 fully saturated rings. The van der Waals surface area contributed by atoms with E-state index in [1.165, 1.54) is 18.6 Å². The van der Waals surface area contributed by atoms with Crippen LogP contribution >= 0.6 is 45.7 Å². The molecule has 0 unspecified atom stereocenters. The molecule has 0 N–H and O–H groups in total. The molecule has 0 amide bonds. The van der Waals surface area contributed by atoms with Crippen LogP contribution in [0.5, 0.6) is 0 Å². The van der Waals surface area contributed by atoms with E-state index in [1.807, 2.05) is 6.07 Å². The fraction of sp³-hybridized carbons (Fsp3) is 0.100. The predicted molar refractivity (Wildman–Crippen MR) is 71.7 cm³/mol. The first kappa shape index (κ1) is 10.4. The first-order valence-corrected chi connectivity index (χ1v) is 7.09. The highest BCUT2D eigenvalue weighted by atomic mass is 127. The van der Waals surface area contributed by atoms with Crippen molar-refractivity contribution in [3.05, 3.63) is 26.6 Å². The van der Waals surface area contributed by atoms with E-state index in [0.717, 1.165) is 11.2 Å². The number of hydrogen-bond donors (Lipinski definition) is 0. The van der Waals surface area contributed by atoms with Crippen LogP contribution in [0.25, 0.3) is 10.1 Å². The van der Waals surface area contributed by atoms with Gasteiger partial charge in [-0.15, -0.1) is 23.1 Å². The number of aldehydes is 1. The maximum atomic E-state index is 10.7. The molecule has 1 aromatic heterocycles. The summed E-state index contributed by atoms with van der Waals surface area (Å²) in [5.74, 6) is 0. The van der Waals surface area contributed by atoms with Gasteiger partial charge in [0.15, 0.2) is 6.29 Å². The fourth-order valence-corrected chi connectivity index (χ4v) is 4.08. The Morgan fingerprint density at radius 1 is 1.50 bits per heavy atom. The van der Waals surface area contributed by atoms with Gasteiger partial charge in [-0.1, -0.05) is 0 Å². The topological polar surface area (TPSA) is 17.1 Å². The summed E-state index contributed by atoms with van der Waals surface area (Å²) in [6.45, 7) is 0. The average Bonchev–Trinajstić information content (AvgIpc) is 2.60. The van der Waals surface area contributed by atoms with Crippen molar-refractivity contribution in [2.75, 3.05) is 6.26 Å². The van der Waals surface area contributed by atoms with Crippen LogP contribution in [-0.2, 0) is 0 Å². The van der Waals surface area contributed by atoms with Crippen molar-refractivity contribution in [2.45, 2.75) is 4.90 Å². The summed E-state index contributed by atoms with van der Waals surface area (Å²) >= 11 is 5.61. The monoisotopic (exact) mass is 334 g/mol. The molecule has 1 heterocycles. The van der Waals surface area contributed by atoms with Gasteiger partial charge < -0.3 is 0 Å². The molecule has 0 aliphatic carbocycles. The molecule has 14 heavy (non-hydrogen) atoms. The second-order valence-electron chi connectivity index (χ2n) is 2.76. The van der Waals surface area contributed by atoms with Crippen LogP contribution in [0, 0.1) is 3.57 Å². The minimum Gasteiger partial charge on any atom is -0.297 e. The number of hydrogen-bond acceptors (Lipinski definition) is 3. The third-order valence-corrected chi connectivity index (χ3v) is 5.08. The zero-order valence-electron chi connectivity index (χ0n) is 7.41. The van der Waals surface area contributed by atoms with Gasteiger partial charge >= 0.3 is 0 Å². The highest BCUT2D eigenvalue weighted by Crippen LogP contribution is 2.35. The van der Waals surface area contributed by atoms with Gasteiger partial charge in [0.1, 0.15) is 0 Å². The van der Waals surface area contributed by atoms with Crippen molar-refractivity contribution >= 4 is 62.1 Å². The van der Waals surface area contributed by atoms with Gasteiger partial charge in [-0.25, -0.2) is 0 Å². The normalized spacial score (nSPS) is 10.7. The minimum atomic E-state index is 0.803. The van der Waals surface area contributed by atoms with E-state index in [-0.39, 0.29) is 0 Å². The Hall–Kier alpha value is -0.0700. The summed E-state index contributed by atoms with van der Waals surface area (Å²) in [6, 6.07) is 6.15. The highest BCUT2D eigenvalue weighted by molar-refractivity contribution is 14.1. The lowest BCUT2D eigenvalue weighted by Gasteiger charge is -2.01. The smallest absolute Gasteiger partial charge is 0.160 e. The van der Waals surface area contributed by atoms with Crippen LogP contribution in [-0.4, -0.2) is 12.5 Å². The van der Waals surface area contributed by atoms with Gasteiger partial charge in [0.25, 0.3) is 0 Å². The van der Waals surface area contributed by atoms with Gasteiger partial charge in [-0.05, 0) is 47.0 Å². The average molecular weight is 334 g/mol. The van der Waals surface area contributed by atoms with Crippen molar-refractivity contribution in [2.24, 2.45) is 0 Å². The van der Waals surface area contributed by atoms with Crippen LogP contribution in [0.3, 0.4) is 0 Å². The van der Waals surface area contributed by atoms with Crippen molar-refractivity contribution in [3.63, 3.8) is 0 Å². The predicted octanol–water partition coefficient (Wildman–Crippen LogP) is 4.04. The Morgan fingerprint density at radius 3 is 2.93 bits per heavy atom. The van der Waals surface area contributed by atoms with Crippen LogP contribution in [0.1, 0.15) is 9.67 Å². The molecule has 0 bridgehead atoms. The van der Waals surface area contributed by atoms with E-state index in [2.05, 4.69) is 41.0 Å². The number of thioether (sulfide) groups is 1. The summed E-state index contributed by atoms with van der Waals surface area (Å²) in [6.07, 6.45) is 2.98. The molecular weight excluding hydrogens is 327 g/mol. The zero-order chi connectivity index (χ0) is 10.1. The summed E-state index contributed by atoms with van der Waals surface area (Å²) < 4.78 is 2.44. The zero-order valence-corrected chi connectivity index (χ0v) is 11.2. The number of fused-ring (bicyclic) bond motifs is 1. The van der Waals surface area contributed by atoms with E-state index in [1.54, 1.807) is 23.1 Å². The van der Waals surface area contributed by atoms with Gasteiger partial charge in [-0.3, -0.25) is 4.79 Å². The van der Waals surface area contributed by atoms with Crippen LogP contribution in [0.15, 0.2) is 23.1 Å². The fourth-order valence-electron chi connectivity index (χ4n) is 1.34. The Balaban J connectivity index is 2.79. The Kier molecular flexibility index (Phi) is 3.14. The molecule has 0 spiro atoms. The summed E-state index contributed by atoms with van der Waals surface area (Å²) in [7, 11) is 0. The van der Waals surface area contributed by atoms with Crippen LogP contribution < -0.4 is 0 Å². The highest BCUT2D eigenvalue weighted by Gasteiger charge is 2.08. The molecular formula is C10H7IOS2. The Labute approximate surface area is 104 Å². The largest absolute Gasteiger partial charge is 0.297 e. The third kappa shape index (κ3) is 1.70. The lowest BCUT2D eigenvalue weighted by Crippen LogP contribution is -1.77. The van der Waals surface area contributed by atoms with Crippen LogP contribution in [0.4, 0.5) is 0 Å². The molecule has 2 aromatic rings. The first-order chi connectivity index (χ1) is 6.76. The summed E-state index contributed by atoms with van der Waals surface area (Å²) in [4.78, 5) is 12.7. The third-order valence-electron chi connectivity index (χ3n) is 1.94. The van der Waals surface area contributed by atoms with Gasteiger partial charge in [-0.2, -0.15) is 0 Å². The van der Waals surface area contributed by atoms with Crippen molar-refractivity contribution < 1.29 is 4.79 Å². The Morgan fingerprint density at radius 2 is 2.29 bits per heavy atom. The molecule has 4 heteroatoms. The quantitative estimate of drug-likeness (QED) is 0.468. The van der Waals surface area contributed by atoms with Crippen molar-refractivity contribution in [1.82, 2.24) is 0 Å². The van der Waals surface area contributed by atoms with E-state index in [0.29, 0.717) is 0 Å².